The molecule has 6 aliphatic rings. The van der Waals surface area contributed by atoms with Crippen LogP contribution >= 0.6 is 11.8 Å². The molecular weight excluding hydrogens is 494 g/mol. The fourth-order valence-electron chi connectivity index (χ4n) is 11.1. The number of Topliss-reactive ketones (excluding diaryl/α,β-unsaturated/α-hetero) is 1. The second-order valence-electron chi connectivity index (χ2n) is 15.1. The molecule has 3 spiro atoms. The van der Waals surface area contributed by atoms with Crippen molar-refractivity contribution < 1.29 is 19.4 Å². The second-order valence-corrected chi connectivity index (χ2v) is 16.1. The van der Waals surface area contributed by atoms with Gasteiger partial charge in [-0.2, -0.15) is 0 Å². The first-order valence-electron chi connectivity index (χ1n) is 15.2. The van der Waals surface area contributed by atoms with Gasteiger partial charge in [-0.1, -0.05) is 33.8 Å². The van der Waals surface area contributed by atoms with Gasteiger partial charge in [0.1, 0.15) is 11.9 Å². The number of aliphatic hydroxyl groups excluding tert-OH is 1. The van der Waals surface area contributed by atoms with Gasteiger partial charge in [0, 0.05) is 22.7 Å². The van der Waals surface area contributed by atoms with Crippen LogP contribution in [0.4, 0.5) is 0 Å². The van der Waals surface area contributed by atoms with E-state index < -0.39 is 11.5 Å². The maximum absolute atomic E-state index is 13.3. The number of ether oxygens (including phenoxy) is 1. The lowest BCUT2D eigenvalue weighted by atomic mass is 9.17. The highest BCUT2D eigenvalue weighted by atomic mass is 32.2. The number of aliphatic hydroxyl groups is 1. The monoisotopic (exact) mass is 543 g/mol. The van der Waals surface area contributed by atoms with E-state index in [2.05, 4.69) is 46.2 Å². The third-order valence-electron chi connectivity index (χ3n) is 13.6. The molecule has 3 unspecified atom stereocenters. The second kappa shape index (κ2) is 8.82. The van der Waals surface area contributed by atoms with Crippen LogP contribution in [0.5, 0.6) is 0 Å². The van der Waals surface area contributed by atoms with Crippen molar-refractivity contribution in [3.05, 3.63) is 12.7 Å². The van der Waals surface area contributed by atoms with Gasteiger partial charge in [-0.05, 0) is 105 Å². The molecule has 5 nitrogen and oxygen atoms in total. The number of piperidine rings is 1. The van der Waals surface area contributed by atoms with Crippen LogP contribution in [0.25, 0.3) is 0 Å². The topological polar surface area (TPSA) is 66.8 Å². The van der Waals surface area contributed by atoms with Crippen LogP contribution in [0.3, 0.4) is 0 Å². The SMILES string of the molecule is C=C[C@]1(C)C[C@@H](OC(=O)CSCC2CC3(CCN(C)CC3)C2)[C@]2(C)C(C)C34C[C@@](CCC3=O)(C42)[C@@H](C)[C@@H]1O. The number of rotatable bonds is 6. The lowest BCUT2D eigenvalue weighted by molar-refractivity contribution is -0.379. The molecule has 1 N–H and O–H groups in total. The maximum Gasteiger partial charge on any atom is 0.316 e. The molecule has 0 aromatic rings. The van der Waals surface area contributed by atoms with Gasteiger partial charge in [0.2, 0.25) is 0 Å². The molecule has 1 aliphatic heterocycles. The van der Waals surface area contributed by atoms with Crippen LogP contribution in [0, 0.1) is 50.7 Å². The minimum atomic E-state index is -0.562. The molecule has 6 fully saturated rings. The van der Waals surface area contributed by atoms with Gasteiger partial charge in [-0.3, -0.25) is 9.59 Å². The van der Waals surface area contributed by atoms with Crippen LogP contribution in [-0.4, -0.2) is 65.6 Å². The van der Waals surface area contributed by atoms with Crippen molar-refractivity contribution in [1.82, 2.24) is 4.90 Å². The Morgan fingerprint density at radius 1 is 1.18 bits per heavy atom. The lowest BCUT2D eigenvalue weighted by Crippen LogP contribution is -2.86. The summed E-state index contributed by atoms with van der Waals surface area (Å²) in [6.07, 6.45) is 9.22. The summed E-state index contributed by atoms with van der Waals surface area (Å²) >= 11 is 1.73. The number of nitrogens with zero attached hydrogens (tertiary/aromatic N) is 1. The van der Waals surface area contributed by atoms with Crippen molar-refractivity contribution >= 4 is 23.5 Å². The first-order chi connectivity index (χ1) is 17.9. The minimum absolute atomic E-state index is 0.0488. The first-order valence-corrected chi connectivity index (χ1v) is 16.3. The lowest BCUT2D eigenvalue weighted by Gasteiger charge is -2.85. The molecule has 212 valence electrons. The Kier molecular flexibility index (Phi) is 6.34. The zero-order valence-corrected chi connectivity index (χ0v) is 25.1. The highest BCUT2D eigenvalue weighted by molar-refractivity contribution is 7.99. The van der Waals surface area contributed by atoms with E-state index in [1.165, 1.54) is 38.8 Å². The molecule has 6 heteroatoms. The molecule has 2 bridgehead atoms. The van der Waals surface area contributed by atoms with E-state index in [9.17, 15) is 14.7 Å². The number of likely N-dealkylation sites (tertiary alicyclic amines) is 1. The molecule has 38 heavy (non-hydrogen) atoms. The van der Waals surface area contributed by atoms with Gasteiger partial charge in [-0.15, -0.1) is 18.3 Å². The van der Waals surface area contributed by atoms with Crippen LogP contribution in [0.1, 0.15) is 79.1 Å². The third-order valence-corrected chi connectivity index (χ3v) is 14.7. The van der Waals surface area contributed by atoms with E-state index in [1.807, 2.05) is 6.08 Å². The normalized spacial score (nSPS) is 49.5. The molecule has 0 radical (unpaired) electrons. The number of hydrogen-bond donors (Lipinski definition) is 1. The standard InChI is InChI=1S/C32H49NO4S/c1-7-28(4)16-24(37-25(35)18-38-17-22-14-30(15-22)10-12-33(6)13-11-30)29(5)21(3)32-19-31(27(29)32,9-8-23(32)34)20(2)26(28)36/h7,20-22,24,26-27,36H,1,8-19H2,2-6H3/t20-,21?,24+,26-,27?,28+,29-,31+,32?/m0/s1. The van der Waals surface area contributed by atoms with E-state index in [0.717, 1.165) is 24.5 Å². The Morgan fingerprint density at radius 3 is 2.53 bits per heavy atom. The van der Waals surface area contributed by atoms with Gasteiger partial charge >= 0.3 is 5.97 Å². The molecule has 1 saturated heterocycles. The number of hydrogen-bond acceptors (Lipinski definition) is 6. The fraction of sp³-hybridized carbons (Fsp3) is 0.875. The molecule has 0 aromatic heterocycles. The Morgan fingerprint density at radius 2 is 1.87 bits per heavy atom. The number of carbonyl (C=O) groups excluding carboxylic acids is 2. The van der Waals surface area contributed by atoms with Crippen molar-refractivity contribution in [1.29, 1.82) is 0 Å². The Hall–Kier alpha value is -0.850. The first kappa shape index (κ1) is 27.3. The van der Waals surface area contributed by atoms with E-state index in [4.69, 9.17) is 4.74 Å². The molecule has 0 aromatic carbocycles. The van der Waals surface area contributed by atoms with Crippen molar-refractivity contribution in [2.24, 2.45) is 50.7 Å². The summed E-state index contributed by atoms with van der Waals surface area (Å²) in [7, 11) is 2.22. The van der Waals surface area contributed by atoms with E-state index in [0.29, 0.717) is 29.8 Å². The third kappa shape index (κ3) is 3.44. The van der Waals surface area contributed by atoms with Gasteiger partial charge in [0.15, 0.2) is 0 Å². The highest BCUT2D eigenvalue weighted by Gasteiger charge is 2.87. The quantitative estimate of drug-likeness (QED) is 0.360. The zero-order chi connectivity index (χ0) is 27.3. The number of carbonyl (C=O) groups is 2. The van der Waals surface area contributed by atoms with Crippen LogP contribution < -0.4 is 0 Å². The molecular formula is C32H49NO4S. The van der Waals surface area contributed by atoms with Crippen molar-refractivity contribution in [3.8, 4) is 0 Å². The predicted molar refractivity (Wildman–Crippen MR) is 152 cm³/mol. The van der Waals surface area contributed by atoms with Gasteiger partial charge in [-0.25, -0.2) is 0 Å². The van der Waals surface area contributed by atoms with Crippen LogP contribution in [0.2, 0.25) is 0 Å². The molecule has 5 aliphatic carbocycles. The summed E-state index contributed by atoms with van der Waals surface area (Å²) in [5.74, 6) is 2.89. The summed E-state index contributed by atoms with van der Waals surface area (Å²) in [6.45, 7) is 15.3. The zero-order valence-electron chi connectivity index (χ0n) is 24.3. The number of thioether (sulfide) groups is 1. The predicted octanol–water partition coefficient (Wildman–Crippen LogP) is 5.36. The summed E-state index contributed by atoms with van der Waals surface area (Å²) < 4.78 is 6.40. The Balaban J connectivity index is 1.14. The minimum Gasteiger partial charge on any atom is -0.461 e. The van der Waals surface area contributed by atoms with Gasteiger partial charge in [0.05, 0.1) is 11.9 Å². The summed E-state index contributed by atoms with van der Waals surface area (Å²) in [5, 5.41) is 11.6. The van der Waals surface area contributed by atoms with Crippen molar-refractivity contribution in [3.63, 3.8) is 0 Å². The summed E-state index contributed by atoms with van der Waals surface area (Å²) in [6, 6.07) is 0. The van der Waals surface area contributed by atoms with Gasteiger partial charge in [0.25, 0.3) is 0 Å². The molecule has 6 rings (SSSR count). The largest absolute Gasteiger partial charge is 0.461 e. The van der Waals surface area contributed by atoms with E-state index in [1.54, 1.807) is 11.8 Å². The molecule has 9 atom stereocenters. The van der Waals surface area contributed by atoms with Gasteiger partial charge < -0.3 is 14.7 Å². The van der Waals surface area contributed by atoms with E-state index in [-0.39, 0.29) is 46.1 Å². The van der Waals surface area contributed by atoms with Crippen LogP contribution in [0.15, 0.2) is 12.7 Å². The average molecular weight is 544 g/mol. The molecule has 1 heterocycles. The summed E-state index contributed by atoms with van der Waals surface area (Å²) in [4.78, 5) is 29.0. The summed E-state index contributed by atoms with van der Waals surface area (Å²) in [5.41, 5.74) is -0.530. The van der Waals surface area contributed by atoms with E-state index >= 15 is 0 Å². The Bertz CT molecular complexity index is 1010. The molecule has 5 saturated carbocycles. The highest BCUT2D eigenvalue weighted by Crippen LogP contribution is 2.87. The number of esters is 1. The number of ketones is 1. The maximum atomic E-state index is 13.3. The Labute approximate surface area is 233 Å². The average Bonchev–Trinajstić information content (AvgIpc) is 2.86. The molecule has 0 amide bonds. The smallest absolute Gasteiger partial charge is 0.316 e. The fourth-order valence-corrected chi connectivity index (χ4v) is 12.1. The van der Waals surface area contributed by atoms with Crippen LogP contribution in [-0.2, 0) is 14.3 Å². The van der Waals surface area contributed by atoms with Crippen molar-refractivity contribution in [2.75, 3.05) is 31.6 Å². The van der Waals surface area contributed by atoms with Crippen molar-refractivity contribution in [2.45, 2.75) is 91.3 Å².